The zero-order valence-electron chi connectivity index (χ0n) is 13.9. The molecule has 2 aromatic rings. The maximum atomic E-state index is 12.2. The lowest BCUT2D eigenvalue weighted by Gasteiger charge is -2.15. The number of nitrogens with one attached hydrogen (secondary N) is 1. The predicted octanol–water partition coefficient (Wildman–Crippen LogP) is 2.26. The molecule has 8 heteroatoms. The maximum Gasteiger partial charge on any atom is 0.264 e. The van der Waals surface area contributed by atoms with Gasteiger partial charge in [-0.2, -0.15) is 0 Å². The Labute approximate surface area is 141 Å². The second-order valence-electron chi connectivity index (χ2n) is 5.27. The van der Waals surface area contributed by atoms with E-state index in [1.807, 2.05) is 19.9 Å². The molecule has 24 heavy (non-hydrogen) atoms. The fourth-order valence-corrected chi connectivity index (χ4v) is 3.04. The van der Waals surface area contributed by atoms with Crippen molar-refractivity contribution in [1.82, 2.24) is 9.79 Å². The molecule has 2 rings (SSSR count). The normalized spacial score (nSPS) is 13.0. The number of hydroxylamine groups is 1. The van der Waals surface area contributed by atoms with E-state index in [1.165, 1.54) is 38.4 Å². The van der Waals surface area contributed by atoms with Crippen molar-refractivity contribution < 1.29 is 22.5 Å². The summed E-state index contributed by atoms with van der Waals surface area (Å²) < 4.78 is 30.4. The van der Waals surface area contributed by atoms with Gasteiger partial charge in [-0.3, -0.25) is 9.63 Å². The fourth-order valence-electron chi connectivity index (χ4n) is 2.06. The summed E-state index contributed by atoms with van der Waals surface area (Å²) >= 11 is 0. The van der Waals surface area contributed by atoms with Crippen LogP contribution < -0.4 is 5.32 Å². The Morgan fingerprint density at radius 2 is 1.83 bits per heavy atom. The Bertz CT molecular complexity index is 811. The molecule has 1 aromatic heterocycles. The monoisotopic (exact) mass is 352 g/mol. The second-order valence-corrected chi connectivity index (χ2v) is 7.20. The van der Waals surface area contributed by atoms with Gasteiger partial charge in [0.15, 0.2) is 0 Å². The molecule has 1 atom stereocenters. The number of carbonyl (C=O) groups is 1. The van der Waals surface area contributed by atoms with E-state index < -0.39 is 10.0 Å². The number of aryl methyl sites for hydroxylation is 1. The van der Waals surface area contributed by atoms with Gasteiger partial charge in [0.2, 0.25) is 0 Å². The van der Waals surface area contributed by atoms with E-state index >= 15 is 0 Å². The lowest BCUT2D eigenvalue weighted by molar-refractivity contribution is -0.0258. The van der Waals surface area contributed by atoms with Crippen LogP contribution in [0.25, 0.3) is 0 Å². The summed E-state index contributed by atoms with van der Waals surface area (Å²) in [6.45, 7) is 3.64. The molecule has 130 valence electrons. The maximum absolute atomic E-state index is 12.2. The first-order valence-electron chi connectivity index (χ1n) is 7.26. The van der Waals surface area contributed by atoms with Crippen molar-refractivity contribution in [3.8, 4) is 0 Å². The largest absolute Gasteiger partial charge is 0.464 e. The van der Waals surface area contributed by atoms with Gasteiger partial charge in [0.25, 0.3) is 15.9 Å². The molecule has 0 saturated carbocycles. The molecule has 0 radical (unpaired) electrons. The fraction of sp³-hybridized carbons (Fsp3) is 0.312. The average molecular weight is 352 g/mol. The van der Waals surface area contributed by atoms with Gasteiger partial charge in [0.1, 0.15) is 11.5 Å². The molecule has 1 unspecified atom stereocenters. The van der Waals surface area contributed by atoms with E-state index in [0.29, 0.717) is 11.3 Å². The highest BCUT2D eigenvalue weighted by Crippen LogP contribution is 2.18. The summed E-state index contributed by atoms with van der Waals surface area (Å²) in [5, 5.41) is 2.80. The number of carbonyl (C=O) groups excluding carboxylic acids is 1. The second kappa shape index (κ2) is 7.16. The predicted molar refractivity (Wildman–Crippen MR) is 87.7 cm³/mol. The first-order chi connectivity index (χ1) is 11.3. The van der Waals surface area contributed by atoms with E-state index in [0.717, 1.165) is 10.2 Å². The van der Waals surface area contributed by atoms with Crippen LogP contribution in [0.2, 0.25) is 0 Å². The molecule has 0 aliphatic carbocycles. The van der Waals surface area contributed by atoms with E-state index in [1.54, 1.807) is 6.07 Å². The van der Waals surface area contributed by atoms with Crippen molar-refractivity contribution in [2.24, 2.45) is 0 Å². The van der Waals surface area contributed by atoms with Gasteiger partial charge >= 0.3 is 0 Å². The van der Waals surface area contributed by atoms with Gasteiger partial charge < -0.3 is 9.73 Å². The quantitative estimate of drug-likeness (QED) is 0.806. The van der Waals surface area contributed by atoms with Crippen LogP contribution in [0.5, 0.6) is 0 Å². The van der Waals surface area contributed by atoms with E-state index in [-0.39, 0.29) is 16.8 Å². The lowest BCUT2D eigenvalue weighted by Crippen LogP contribution is -2.27. The number of amides is 1. The Kier molecular flexibility index (Phi) is 5.43. The zero-order chi connectivity index (χ0) is 17.9. The third-order valence-corrected chi connectivity index (χ3v) is 5.24. The molecule has 1 aromatic carbocycles. The van der Waals surface area contributed by atoms with Gasteiger partial charge in [-0.25, -0.2) is 8.42 Å². The number of sulfonamides is 1. The molecule has 1 amide bonds. The molecular formula is C16H20N2O5S. The molecule has 7 nitrogen and oxygen atoms in total. The number of rotatable bonds is 6. The molecule has 1 N–H and O–H groups in total. The molecule has 0 aliphatic rings. The highest BCUT2D eigenvalue weighted by Gasteiger charge is 2.21. The Morgan fingerprint density at radius 1 is 1.21 bits per heavy atom. The summed E-state index contributed by atoms with van der Waals surface area (Å²) in [5.41, 5.74) is 0.351. The lowest BCUT2D eigenvalue weighted by atomic mass is 10.2. The average Bonchev–Trinajstić information content (AvgIpc) is 3.00. The molecule has 0 fully saturated rings. The Morgan fingerprint density at radius 3 is 2.33 bits per heavy atom. The van der Waals surface area contributed by atoms with E-state index in [4.69, 9.17) is 9.25 Å². The number of hydrogen-bond acceptors (Lipinski definition) is 5. The number of benzene rings is 1. The Balaban J connectivity index is 2.11. The first kappa shape index (κ1) is 18.2. The highest BCUT2D eigenvalue weighted by molar-refractivity contribution is 7.89. The molecule has 1 heterocycles. The first-order valence-corrected chi connectivity index (χ1v) is 8.70. The van der Waals surface area contributed by atoms with Crippen LogP contribution in [0.15, 0.2) is 45.7 Å². The van der Waals surface area contributed by atoms with Crippen LogP contribution in [-0.2, 0) is 14.9 Å². The standard InChI is InChI=1S/C16H20N2O5S/c1-11-5-10-15(23-11)12(2)17-16(19)13-6-8-14(9-7-13)24(20,21)18(3)22-4/h5-10,12H,1-4H3,(H,17,19). The molecule has 0 spiro atoms. The zero-order valence-corrected chi connectivity index (χ0v) is 14.8. The van der Waals surface area contributed by atoms with Gasteiger partial charge in [-0.05, 0) is 50.2 Å². The molecule has 0 aliphatic heterocycles. The third-order valence-electron chi connectivity index (χ3n) is 3.55. The van der Waals surface area contributed by atoms with Crippen molar-refractivity contribution in [1.29, 1.82) is 0 Å². The number of nitrogens with zero attached hydrogens (tertiary/aromatic N) is 1. The van der Waals surface area contributed by atoms with Crippen molar-refractivity contribution in [2.45, 2.75) is 24.8 Å². The van der Waals surface area contributed by atoms with Crippen LogP contribution >= 0.6 is 0 Å². The Hall–Kier alpha value is -2.16. The van der Waals surface area contributed by atoms with Crippen molar-refractivity contribution in [3.05, 3.63) is 53.5 Å². The smallest absolute Gasteiger partial charge is 0.264 e. The highest BCUT2D eigenvalue weighted by atomic mass is 32.2. The number of hydrogen-bond donors (Lipinski definition) is 1. The number of furan rings is 1. The SMILES string of the molecule is CON(C)S(=O)(=O)c1ccc(C(=O)NC(C)c2ccc(C)o2)cc1. The van der Waals surface area contributed by atoms with Gasteiger partial charge in [0, 0.05) is 12.6 Å². The summed E-state index contributed by atoms with van der Waals surface area (Å²) in [5.74, 6) is 1.10. The van der Waals surface area contributed by atoms with E-state index in [9.17, 15) is 13.2 Å². The van der Waals surface area contributed by atoms with Crippen molar-refractivity contribution in [2.75, 3.05) is 14.2 Å². The minimum absolute atomic E-state index is 0.0399. The van der Waals surface area contributed by atoms with Gasteiger partial charge in [-0.1, -0.05) is 4.47 Å². The van der Waals surface area contributed by atoms with Crippen LogP contribution in [0.3, 0.4) is 0 Å². The summed E-state index contributed by atoms with van der Waals surface area (Å²) in [7, 11) is -1.17. The minimum atomic E-state index is -3.73. The molecule has 0 bridgehead atoms. The molecular weight excluding hydrogens is 332 g/mol. The van der Waals surface area contributed by atoms with Crippen molar-refractivity contribution >= 4 is 15.9 Å². The van der Waals surface area contributed by atoms with Gasteiger partial charge in [-0.15, -0.1) is 0 Å². The van der Waals surface area contributed by atoms with Crippen LogP contribution in [-0.4, -0.2) is 33.0 Å². The minimum Gasteiger partial charge on any atom is -0.464 e. The summed E-state index contributed by atoms with van der Waals surface area (Å²) in [4.78, 5) is 17.0. The van der Waals surface area contributed by atoms with Crippen LogP contribution in [0.4, 0.5) is 0 Å². The summed E-state index contributed by atoms with van der Waals surface area (Å²) in [6, 6.07) is 8.95. The van der Waals surface area contributed by atoms with Crippen LogP contribution in [0, 0.1) is 6.92 Å². The molecule has 0 saturated heterocycles. The summed E-state index contributed by atoms with van der Waals surface area (Å²) in [6.07, 6.45) is 0. The topological polar surface area (TPSA) is 88.8 Å². The van der Waals surface area contributed by atoms with Gasteiger partial charge in [0.05, 0.1) is 18.0 Å². The van der Waals surface area contributed by atoms with E-state index in [2.05, 4.69) is 5.32 Å². The van der Waals surface area contributed by atoms with Crippen LogP contribution in [0.1, 0.15) is 34.8 Å². The third kappa shape index (κ3) is 3.84. The van der Waals surface area contributed by atoms with Crippen molar-refractivity contribution in [3.63, 3.8) is 0 Å².